The lowest BCUT2D eigenvalue weighted by Crippen LogP contribution is -2.61. The van der Waals surface area contributed by atoms with Crippen LogP contribution in [0.2, 0.25) is 0 Å². The molecule has 0 radical (unpaired) electrons. The first-order valence-electron chi connectivity index (χ1n) is 16.0. The van der Waals surface area contributed by atoms with E-state index in [1.165, 1.54) is 4.90 Å². The van der Waals surface area contributed by atoms with Crippen LogP contribution in [0.4, 0.5) is 13.6 Å². The number of likely N-dealkylation sites (N-methyl/N-ethyl adjacent to an activating group) is 1. The summed E-state index contributed by atoms with van der Waals surface area (Å²) in [5.41, 5.74) is 0.0893. The monoisotopic (exact) mass is 666 g/mol. The van der Waals surface area contributed by atoms with Gasteiger partial charge in [-0.2, -0.15) is 0 Å². The Balaban J connectivity index is 1.69. The van der Waals surface area contributed by atoms with Crippen molar-refractivity contribution >= 4 is 35.7 Å². The van der Waals surface area contributed by atoms with Crippen LogP contribution in [0, 0.1) is 10.8 Å². The van der Waals surface area contributed by atoms with Crippen LogP contribution in [-0.2, 0) is 14.4 Å². The van der Waals surface area contributed by atoms with Crippen LogP contribution in [0.3, 0.4) is 0 Å². The van der Waals surface area contributed by atoms with Gasteiger partial charge in [0.2, 0.25) is 24.1 Å². The number of halogens is 2. The van der Waals surface area contributed by atoms with Gasteiger partial charge in [0.1, 0.15) is 18.1 Å². The van der Waals surface area contributed by atoms with Gasteiger partial charge < -0.3 is 26.2 Å². The van der Waals surface area contributed by atoms with Crippen LogP contribution in [0.5, 0.6) is 0 Å². The molecule has 46 heavy (non-hydrogen) atoms. The van der Waals surface area contributed by atoms with Crippen LogP contribution in [0.15, 0.2) is 30.3 Å². The van der Waals surface area contributed by atoms with Crippen molar-refractivity contribution in [3.63, 3.8) is 0 Å². The Bertz CT molecular complexity index is 1210. The van der Waals surface area contributed by atoms with Crippen molar-refractivity contribution in [3.05, 3.63) is 35.9 Å². The maximum atomic E-state index is 14.0. The van der Waals surface area contributed by atoms with Gasteiger partial charge in [-0.15, -0.1) is 0 Å². The summed E-state index contributed by atoms with van der Waals surface area (Å²) in [6.45, 7) is 12.4. The van der Waals surface area contributed by atoms with Gasteiger partial charge in [0.05, 0.1) is 0 Å². The normalized spacial score (nSPS) is 21.8. The molecule has 0 bridgehead atoms. The molecule has 3 rings (SSSR count). The molecule has 0 spiro atoms. The second-order valence-electron chi connectivity index (χ2n) is 14.6. The largest absolute Gasteiger partial charge is 0.351 e. The number of carbonyl (C=O) groups is 4. The molecule has 6 atom stereocenters. The zero-order valence-electron chi connectivity index (χ0n) is 28.4. The van der Waals surface area contributed by atoms with Crippen molar-refractivity contribution < 1.29 is 28.0 Å². The predicted octanol–water partition coefficient (Wildman–Crippen LogP) is 4.13. The van der Waals surface area contributed by atoms with Gasteiger partial charge in [-0.25, -0.2) is 13.6 Å². The van der Waals surface area contributed by atoms with Gasteiger partial charge >= 0.3 is 6.03 Å². The lowest BCUT2D eigenvalue weighted by atomic mass is 9.85. The third-order valence-electron chi connectivity index (χ3n) is 8.72. The number of carbonyl (C=O) groups excluding carboxylic acids is 4. The summed E-state index contributed by atoms with van der Waals surface area (Å²) in [6, 6.07) is 5.34. The van der Waals surface area contributed by atoms with Crippen LogP contribution < -0.4 is 21.3 Å². The van der Waals surface area contributed by atoms with Gasteiger partial charge in [0, 0.05) is 37.5 Å². The summed E-state index contributed by atoms with van der Waals surface area (Å²) >= 11 is 1.55. The van der Waals surface area contributed by atoms with Crippen molar-refractivity contribution in [1.29, 1.82) is 0 Å². The quantitative estimate of drug-likeness (QED) is 0.235. The zero-order chi connectivity index (χ0) is 34.4. The Kier molecular flexibility index (Phi) is 12.9. The molecule has 5 amide bonds. The molecule has 1 heterocycles. The smallest absolute Gasteiger partial charge is 0.315 e. The molecule has 1 aliphatic carbocycles. The van der Waals surface area contributed by atoms with E-state index in [-0.39, 0.29) is 30.0 Å². The average molecular weight is 667 g/mol. The molecule has 2 aliphatic rings. The number of nitrogens with one attached hydrogen (secondary N) is 4. The van der Waals surface area contributed by atoms with Crippen LogP contribution in [0.25, 0.3) is 0 Å². The van der Waals surface area contributed by atoms with E-state index >= 15 is 0 Å². The highest BCUT2D eigenvalue weighted by atomic mass is 32.2. The van der Waals surface area contributed by atoms with E-state index in [1.54, 1.807) is 11.9 Å². The Hall–Kier alpha value is -2.93. The number of hydrogen-bond acceptors (Lipinski definition) is 6. The highest BCUT2D eigenvalue weighted by molar-refractivity contribution is 7.96. The van der Waals surface area contributed by atoms with Gasteiger partial charge in [-0.05, 0) is 49.0 Å². The Morgan fingerprint density at radius 2 is 1.65 bits per heavy atom. The number of urea groups is 1. The molecule has 1 aliphatic heterocycles. The van der Waals surface area contributed by atoms with Gasteiger partial charge in [0.25, 0.3) is 0 Å². The van der Waals surface area contributed by atoms with Crippen molar-refractivity contribution in [2.45, 2.75) is 110 Å². The summed E-state index contributed by atoms with van der Waals surface area (Å²) in [5, 5.41) is 11.2. The van der Waals surface area contributed by atoms with E-state index in [2.05, 4.69) is 21.3 Å². The van der Waals surface area contributed by atoms with E-state index in [0.29, 0.717) is 25.8 Å². The summed E-state index contributed by atoms with van der Waals surface area (Å²) in [5.74, 6) is -1.67. The van der Waals surface area contributed by atoms with Crippen LogP contribution in [0.1, 0.15) is 78.7 Å². The molecule has 1 saturated carbocycles. The minimum Gasteiger partial charge on any atom is -0.351 e. The number of benzene rings is 1. The number of hydrogen-bond donors (Lipinski definition) is 4. The first-order valence-corrected chi connectivity index (χ1v) is 17.2. The molecule has 1 aromatic rings. The lowest BCUT2D eigenvalue weighted by Gasteiger charge is -2.37. The number of amides is 5. The van der Waals surface area contributed by atoms with E-state index in [0.717, 1.165) is 5.56 Å². The predicted molar refractivity (Wildman–Crippen MR) is 177 cm³/mol. The Morgan fingerprint density at radius 1 is 1.00 bits per heavy atom. The van der Waals surface area contributed by atoms with Crippen molar-refractivity contribution in [2.75, 3.05) is 26.4 Å². The third-order valence-corrected chi connectivity index (χ3v) is 9.49. The summed E-state index contributed by atoms with van der Waals surface area (Å²) in [6.07, 6.45) is -0.180. The minimum absolute atomic E-state index is 0.0974. The van der Waals surface area contributed by atoms with Gasteiger partial charge in [-0.3, -0.25) is 18.7 Å². The van der Waals surface area contributed by atoms with Crippen LogP contribution in [-0.4, -0.2) is 96.0 Å². The SMILES string of the molecule is CSN(C)C[C@@H](NC(=O)N[C@H](C(=O)N1CCC[C@H]1C(=O)N[C@@H](CC(F)F)C(=O)NC1C[C@@H]1c1ccccc1)C(C)(C)C)C(C)(C)C. The molecular weight excluding hydrogens is 614 g/mol. The standard InChI is InChI=1S/C33H52F2N6O4S/c1-32(2,3)25(19-40(7)46-8)38-31(45)39-27(33(4,5)6)30(44)41-16-12-15-24(41)29(43)37-23(18-26(34)35)28(42)36-22-17-21(22)20-13-10-9-11-14-20/h9-11,13-14,21-27H,12,15-19H2,1-8H3,(H,36,42)(H,37,43)(H2,38,39,45)/t21-,22?,23+,24+,25-,27-/m1/s1. The number of alkyl halides is 2. The highest BCUT2D eigenvalue weighted by Gasteiger charge is 2.44. The molecule has 0 aromatic heterocycles. The molecule has 1 aromatic carbocycles. The van der Waals surface area contributed by atoms with Gasteiger partial charge in [-0.1, -0.05) is 83.8 Å². The summed E-state index contributed by atoms with van der Waals surface area (Å²) in [4.78, 5) is 55.2. The minimum atomic E-state index is -2.82. The van der Waals surface area contributed by atoms with Crippen molar-refractivity contribution in [3.8, 4) is 0 Å². The molecule has 13 heteroatoms. The number of rotatable bonds is 13. The molecule has 4 N–H and O–H groups in total. The Morgan fingerprint density at radius 3 is 2.22 bits per heavy atom. The lowest BCUT2D eigenvalue weighted by molar-refractivity contribution is -0.142. The number of likely N-dealkylation sites (tertiary alicyclic amines) is 1. The molecule has 1 unspecified atom stereocenters. The summed E-state index contributed by atoms with van der Waals surface area (Å²) < 4.78 is 29.1. The van der Waals surface area contributed by atoms with E-state index in [1.807, 2.05) is 89.5 Å². The first-order chi connectivity index (χ1) is 21.4. The van der Waals surface area contributed by atoms with Gasteiger partial charge in [0.15, 0.2) is 0 Å². The second-order valence-corrected chi connectivity index (χ2v) is 15.6. The van der Waals surface area contributed by atoms with E-state index in [4.69, 9.17) is 0 Å². The molecule has 258 valence electrons. The summed E-state index contributed by atoms with van der Waals surface area (Å²) in [7, 11) is 1.94. The average Bonchev–Trinajstić information content (AvgIpc) is 3.54. The van der Waals surface area contributed by atoms with Crippen LogP contribution >= 0.6 is 11.9 Å². The molecular formula is C33H52F2N6O4S. The van der Waals surface area contributed by atoms with E-state index in [9.17, 15) is 28.0 Å². The van der Waals surface area contributed by atoms with Crippen molar-refractivity contribution in [2.24, 2.45) is 10.8 Å². The van der Waals surface area contributed by atoms with Crippen molar-refractivity contribution in [1.82, 2.24) is 30.5 Å². The maximum Gasteiger partial charge on any atom is 0.315 e. The van der Waals surface area contributed by atoms with E-state index < -0.39 is 60.1 Å². The Labute approximate surface area is 276 Å². The maximum absolute atomic E-state index is 14.0. The molecule has 10 nitrogen and oxygen atoms in total. The molecule has 1 saturated heterocycles. The third kappa shape index (κ3) is 10.5. The fourth-order valence-corrected chi connectivity index (χ4v) is 6.00. The molecule has 2 fully saturated rings. The first kappa shape index (κ1) is 37.5. The zero-order valence-corrected chi connectivity index (χ0v) is 29.2. The highest BCUT2D eigenvalue weighted by Crippen LogP contribution is 2.40. The number of nitrogens with zero attached hydrogens (tertiary/aromatic N) is 2. The fraction of sp³-hybridized carbons (Fsp3) is 0.697. The fourth-order valence-electron chi connectivity index (χ4n) is 5.70. The second kappa shape index (κ2) is 15.8. The topological polar surface area (TPSA) is 123 Å².